The van der Waals surface area contributed by atoms with Crippen LogP contribution >= 0.6 is 34.3 Å². The van der Waals surface area contributed by atoms with Crippen LogP contribution < -0.4 is 5.32 Å². The fourth-order valence-corrected chi connectivity index (χ4v) is 3.76. The van der Waals surface area contributed by atoms with Gasteiger partial charge in [-0.2, -0.15) is 0 Å². The zero-order chi connectivity index (χ0) is 13.2. The zero-order valence-electron chi connectivity index (χ0n) is 9.82. The summed E-state index contributed by atoms with van der Waals surface area (Å²) in [5.74, 6) is -0.226. The maximum Gasteiger partial charge on any atom is 0.183 e. The molecule has 1 aromatic carbocycles. The number of hydrogen-bond acceptors (Lipinski definition) is 4. The molecule has 0 fully saturated rings. The summed E-state index contributed by atoms with van der Waals surface area (Å²) in [5.41, 5.74) is 0.827. The molecule has 0 saturated heterocycles. The van der Waals surface area contributed by atoms with Crippen LogP contribution in [0.15, 0.2) is 30.3 Å². The monoisotopic (exact) mass is 312 g/mol. The molecular formula is C13H10ClFN2S2. The van der Waals surface area contributed by atoms with Crippen LogP contribution in [0.5, 0.6) is 0 Å². The Hall–Kier alpha value is -1.17. The van der Waals surface area contributed by atoms with Crippen molar-refractivity contribution < 1.29 is 4.39 Å². The minimum absolute atomic E-state index is 0.226. The Kier molecular flexibility index (Phi) is 3.68. The molecule has 0 atom stereocenters. The number of rotatable bonds is 4. The normalized spacial score (nSPS) is 11.1. The highest BCUT2D eigenvalue weighted by atomic mass is 35.5. The quantitative estimate of drug-likeness (QED) is 0.748. The third kappa shape index (κ3) is 3.05. The van der Waals surface area contributed by atoms with Crippen molar-refractivity contribution in [2.75, 3.05) is 11.9 Å². The third-order valence-electron chi connectivity index (χ3n) is 2.63. The van der Waals surface area contributed by atoms with Crippen LogP contribution in [0.25, 0.3) is 10.2 Å². The molecule has 0 aliphatic carbocycles. The number of hydrogen-bond donors (Lipinski definition) is 1. The van der Waals surface area contributed by atoms with Gasteiger partial charge in [0.1, 0.15) is 5.82 Å². The van der Waals surface area contributed by atoms with E-state index in [1.54, 1.807) is 17.4 Å². The minimum atomic E-state index is -0.226. The molecule has 0 amide bonds. The topological polar surface area (TPSA) is 24.9 Å². The number of anilines is 1. The van der Waals surface area contributed by atoms with Gasteiger partial charge in [0.2, 0.25) is 0 Å². The number of aromatic nitrogens is 1. The molecule has 98 valence electrons. The number of thiazole rings is 1. The molecule has 0 radical (unpaired) electrons. The molecule has 0 spiro atoms. The molecule has 0 saturated carbocycles. The van der Waals surface area contributed by atoms with Gasteiger partial charge in [0.05, 0.1) is 14.6 Å². The second-order valence-electron chi connectivity index (χ2n) is 4.01. The lowest BCUT2D eigenvalue weighted by Gasteiger charge is -1.99. The van der Waals surface area contributed by atoms with Crippen molar-refractivity contribution in [2.45, 2.75) is 6.42 Å². The molecule has 1 N–H and O–H groups in total. The molecule has 3 rings (SSSR count). The van der Waals surface area contributed by atoms with Gasteiger partial charge in [0, 0.05) is 11.4 Å². The van der Waals surface area contributed by atoms with Crippen LogP contribution in [-0.4, -0.2) is 11.5 Å². The molecule has 2 aromatic heterocycles. The van der Waals surface area contributed by atoms with Crippen molar-refractivity contribution in [3.63, 3.8) is 0 Å². The second-order valence-corrected chi connectivity index (χ2v) is 6.84. The largest absolute Gasteiger partial charge is 0.361 e. The fraction of sp³-hybridized carbons (Fsp3) is 0.154. The van der Waals surface area contributed by atoms with Gasteiger partial charge >= 0.3 is 0 Å². The van der Waals surface area contributed by atoms with Gasteiger partial charge in [-0.05, 0) is 36.8 Å². The van der Waals surface area contributed by atoms with Crippen LogP contribution in [0.3, 0.4) is 0 Å². The minimum Gasteiger partial charge on any atom is -0.361 e. The zero-order valence-corrected chi connectivity index (χ0v) is 12.2. The Morgan fingerprint density at radius 3 is 2.89 bits per heavy atom. The number of halogens is 2. The number of thiophene rings is 1. The summed E-state index contributed by atoms with van der Waals surface area (Å²) < 4.78 is 14.7. The van der Waals surface area contributed by atoms with Crippen molar-refractivity contribution >= 4 is 49.6 Å². The van der Waals surface area contributed by atoms with Gasteiger partial charge in [-0.25, -0.2) is 9.37 Å². The van der Waals surface area contributed by atoms with Gasteiger partial charge in [-0.15, -0.1) is 11.3 Å². The third-order valence-corrected chi connectivity index (χ3v) is 4.89. The van der Waals surface area contributed by atoms with E-state index in [1.165, 1.54) is 28.3 Å². The number of nitrogens with one attached hydrogen (secondary N) is 1. The molecule has 0 bridgehead atoms. The van der Waals surface area contributed by atoms with Crippen molar-refractivity contribution in [1.29, 1.82) is 0 Å². The SMILES string of the molecule is Fc1ccc2nc(NCCc3ccc(Cl)s3)sc2c1. The average molecular weight is 313 g/mol. The fourth-order valence-electron chi connectivity index (χ4n) is 1.75. The maximum absolute atomic E-state index is 13.1. The van der Waals surface area contributed by atoms with Crippen molar-refractivity contribution in [3.05, 3.63) is 45.4 Å². The van der Waals surface area contributed by atoms with Gasteiger partial charge in [-0.1, -0.05) is 22.9 Å². The molecular weight excluding hydrogens is 303 g/mol. The van der Waals surface area contributed by atoms with Crippen LogP contribution in [0.4, 0.5) is 9.52 Å². The molecule has 2 heterocycles. The van der Waals surface area contributed by atoms with Gasteiger partial charge in [0.15, 0.2) is 5.13 Å². The highest BCUT2D eigenvalue weighted by molar-refractivity contribution is 7.22. The predicted molar refractivity (Wildman–Crippen MR) is 81.1 cm³/mol. The van der Waals surface area contributed by atoms with Gasteiger partial charge in [-0.3, -0.25) is 0 Å². The first-order valence-corrected chi connectivity index (χ1v) is 7.76. The number of nitrogens with zero attached hydrogens (tertiary/aromatic N) is 1. The average Bonchev–Trinajstić information content (AvgIpc) is 2.95. The van der Waals surface area contributed by atoms with E-state index in [0.29, 0.717) is 0 Å². The summed E-state index contributed by atoms with van der Waals surface area (Å²) in [6.07, 6.45) is 0.904. The summed E-state index contributed by atoms with van der Waals surface area (Å²) in [4.78, 5) is 5.65. The highest BCUT2D eigenvalue weighted by Gasteiger charge is 2.04. The Morgan fingerprint density at radius 1 is 1.21 bits per heavy atom. The highest BCUT2D eigenvalue weighted by Crippen LogP contribution is 2.27. The second kappa shape index (κ2) is 5.45. The van der Waals surface area contributed by atoms with Crippen molar-refractivity contribution in [1.82, 2.24) is 4.98 Å². The Balaban J connectivity index is 1.65. The molecule has 0 unspecified atom stereocenters. The van der Waals surface area contributed by atoms with Gasteiger partial charge in [0.25, 0.3) is 0 Å². The first-order chi connectivity index (χ1) is 9.20. The van der Waals surface area contributed by atoms with E-state index in [4.69, 9.17) is 11.6 Å². The van der Waals surface area contributed by atoms with Crippen LogP contribution in [0, 0.1) is 5.82 Å². The van der Waals surface area contributed by atoms with Crippen molar-refractivity contribution in [3.8, 4) is 0 Å². The molecule has 3 aromatic rings. The summed E-state index contributed by atoms with van der Waals surface area (Å²) >= 11 is 8.93. The van der Waals surface area contributed by atoms with E-state index in [0.717, 1.165) is 32.7 Å². The van der Waals surface area contributed by atoms with Crippen LogP contribution in [-0.2, 0) is 6.42 Å². The lowest BCUT2D eigenvalue weighted by molar-refractivity contribution is 0.630. The lowest BCUT2D eigenvalue weighted by Crippen LogP contribution is -2.03. The summed E-state index contributed by atoms with van der Waals surface area (Å²) in [5, 5.41) is 4.08. The van der Waals surface area contributed by atoms with Crippen LogP contribution in [0.1, 0.15) is 4.88 Å². The van der Waals surface area contributed by atoms with E-state index in [1.807, 2.05) is 12.1 Å². The van der Waals surface area contributed by atoms with E-state index in [9.17, 15) is 4.39 Å². The van der Waals surface area contributed by atoms with E-state index >= 15 is 0 Å². The predicted octanol–water partition coefficient (Wildman–Crippen LogP) is 4.80. The standard InChI is InChI=1S/C13H10ClFN2S2/c14-12-4-2-9(18-12)5-6-16-13-17-10-3-1-8(15)7-11(10)19-13/h1-4,7H,5-6H2,(H,16,17). The van der Waals surface area contributed by atoms with Crippen LogP contribution in [0.2, 0.25) is 4.34 Å². The Labute approximate surface area is 122 Å². The van der Waals surface area contributed by atoms with E-state index in [-0.39, 0.29) is 5.82 Å². The smallest absolute Gasteiger partial charge is 0.183 e. The summed E-state index contributed by atoms with van der Waals surface area (Å²) in [6, 6.07) is 8.58. The van der Waals surface area contributed by atoms with E-state index in [2.05, 4.69) is 10.3 Å². The van der Waals surface area contributed by atoms with Crippen molar-refractivity contribution in [2.24, 2.45) is 0 Å². The lowest BCUT2D eigenvalue weighted by atomic mass is 10.3. The summed E-state index contributed by atoms with van der Waals surface area (Å²) in [6.45, 7) is 0.791. The van der Waals surface area contributed by atoms with Gasteiger partial charge < -0.3 is 5.32 Å². The summed E-state index contributed by atoms with van der Waals surface area (Å²) in [7, 11) is 0. The molecule has 6 heteroatoms. The number of fused-ring (bicyclic) bond motifs is 1. The first kappa shape index (κ1) is 12.8. The molecule has 0 aliphatic rings. The molecule has 0 aliphatic heterocycles. The maximum atomic E-state index is 13.1. The van der Waals surface area contributed by atoms with E-state index < -0.39 is 0 Å². The first-order valence-electron chi connectivity index (χ1n) is 5.75. The Bertz CT molecular complexity index is 708. The molecule has 2 nitrogen and oxygen atoms in total. The molecule has 19 heavy (non-hydrogen) atoms. The number of benzene rings is 1. The Morgan fingerprint density at radius 2 is 2.11 bits per heavy atom.